The van der Waals surface area contributed by atoms with Gasteiger partial charge in [0.1, 0.15) is 5.75 Å². The van der Waals surface area contributed by atoms with Crippen molar-refractivity contribution in [2.45, 2.75) is 26.3 Å². The maximum absolute atomic E-state index is 5.42. The highest BCUT2D eigenvalue weighted by Crippen LogP contribution is 2.25. The summed E-state index contributed by atoms with van der Waals surface area (Å²) < 4.78 is 5.42. The van der Waals surface area contributed by atoms with E-state index in [0.29, 0.717) is 6.04 Å². The summed E-state index contributed by atoms with van der Waals surface area (Å²) in [6.07, 6.45) is 1.32. The third-order valence-electron chi connectivity index (χ3n) is 4.14. The molecule has 0 spiro atoms. The lowest BCUT2D eigenvalue weighted by Gasteiger charge is -2.20. The Bertz CT molecular complexity index is 394. The van der Waals surface area contributed by atoms with Gasteiger partial charge in [-0.25, -0.2) is 0 Å². The zero-order valence-corrected chi connectivity index (χ0v) is 12.4. The predicted octanol–water partition coefficient (Wildman–Crippen LogP) is 2.69. The molecule has 3 nitrogen and oxygen atoms in total. The molecule has 1 aromatic carbocycles. The van der Waals surface area contributed by atoms with Crippen molar-refractivity contribution < 1.29 is 4.74 Å². The number of ether oxygens (including phenoxy) is 1. The fourth-order valence-electron chi connectivity index (χ4n) is 2.84. The lowest BCUT2D eigenvalue weighted by molar-refractivity contribution is 0.335. The Morgan fingerprint density at radius 3 is 2.89 bits per heavy atom. The molecule has 0 aliphatic carbocycles. The molecular formula is C16H26N2O. The van der Waals surface area contributed by atoms with E-state index in [0.717, 1.165) is 18.2 Å². The van der Waals surface area contributed by atoms with E-state index in [1.807, 2.05) is 12.1 Å². The largest absolute Gasteiger partial charge is 0.496 e. The van der Waals surface area contributed by atoms with Gasteiger partial charge in [-0.2, -0.15) is 0 Å². The first kappa shape index (κ1) is 14.4. The molecule has 106 valence electrons. The Morgan fingerprint density at radius 2 is 2.21 bits per heavy atom. The van der Waals surface area contributed by atoms with E-state index in [1.54, 1.807) is 7.11 Å². The summed E-state index contributed by atoms with van der Waals surface area (Å²) in [6.45, 7) is 9.22. The van der Waals surface area contributed by atoms with Crippen LogP contribution >= 0.6 is 0 Å². The molecule has 0 radical (unpaired) electrons. The Morgan fingerprint density at radius 1 is 1.42 bits per heavy atom. The summed E-state index contributed by atoms with van der Waals surface area (Å²) in [7, 11) is 1.74. The van der Waals surface area contributed by atoms with Crippen molar-refractivity contribution in [3.8, 4) is 5.75 Å². The summed E-state index contributed by atoms with van der Waals surface area (Å²) in [4.78, 5) is 2.53. The van der Waals surface area contributed by atoms with Gasteiger partial charge in [0.25, 0.3) is 0 Å². The number of benzene rings is 1. The van der Waals surface area contributed by atoms with Gasteiger partial charge in [-0.05, 0) is 45.0 Å². The minimum Gasteiger partial charge on any atom is -0.496 e. The van der Waals surface area contributed by atoms with Crippen LogP contribution in [0.1, 0.15) is 31.9 Å². The summed E-state index contributed by atoms with van der Waals surface area (Å²) in [5, 5.41) is 3.65. The predicted molar refractivity (Wildman–Crippen MR) is 79.6 cm³/mol. The van der Waals surface area contributed by atoms with Crippen LogP contribution in [0.2, 0.25) is 0 Å². The quantitative estimate of drug-likeness (QED) is 0.853. The van der Waals surface area contributed by atoms with Gasteiger partial charge in [-0.3, -0.25) is 0 Å². The first-order valence-corrected chi connectivity index (χ1v) is 7.33. The fraction of sp³-hybridized carbons (Fsp3) is 0.625. The van der Waals surface area contributed by atoms with Crippen molar-refractivity contribution in [1.82, 2.24) is 10.2 Å². The normalized spacial score (nSPS) is 21.5. The van der Waals surface area contributed by atoms with Gasteiger partial charge < -0.3 is 15.0 Å². The van der Waals surface area contributed by atoms with Gasteiger partial charge in [-0.15, -0.1) is 0 Å². The summed E-state index contributed by atoms with van der Waals surface area (Å²) in [5.41, 5.74) is 1.25. The van der Waals surface area contributed by atoms with Gasteiger partial charge >= 0.3 is 0 Å². The third kappa shape index (κ3) is 3.71. The van der Waals surface area contributed by atoms with E-state index >= 15 is 0 Å². The highest BCUT2D eigenvalue weighted by Gasteiger charge is 2.21. The Labute approximate surface area is 116 Å². The van der Waals surface area contributed by atoms with Crippen LogP contribution in [0.5, 0.6) is 5.75 Å². The minimum absolute atomic E-state index is 0.340. The highest BCUT2D eigenvalue weighted by atomic mass is 16.5. The molecule has 2 atom stereocenters. The van der Waals surface area contributed by atoms with Crippen molar-refractivity contribution in [1.29, 1.82) is 0 Å². The first-order chi connectivity index (χ1) is 9.24. The molecule has 1 aliphatic rings. The zero-order valence-electron chi connectivity index (χ0n) is 12.4. The number of hydrogen-bond donors (Lipinski definition) is 1. The molecule has 1 heterocycles. The van der Waals surface area contributed by atoms with Gasteiger partial charge in [0.2, 0.25) is 0 Å². The molecule has 2 unspecified atom stereocenters. The molecule has 3 heteroatoms. The van der Waals surface area contributed by atoms with Crippen molar-refractivity contribution in [3.05, 3.63) is 29.8 Å². The van der Waals surface area contributed by atoms with Crippen LogP contribution in [0.3, 0.4) is 0 Å². The van der Waals surface area contributed by atoms with E-state index in [-0.39, 0.29) is 0 Å². The summed E-state index contributed by atoms with van der Waals surface area (Å²) in [6, 6.07) is 8.60. The third-order valence-corrected chi connectivity index (χ3v) is 4.14. The molecule has 1 fully saturated rings. The number of likely N-dealkylation sites (tertiary alicyclic amines) is 1. The topological polar surface area (TPSA) is 24.5 Å². The average molecular weight is 262 g/mol. The zero-order chi connectivity index (χ0) is 13.7. The SMILES string of the molecule is CCN1CCC(CNC(C)c2ccccc2OC)C1. The van der Waals surface area contributed by atoms with E-state index in [9.17, 15) is 0 Å². The minimum atomic E-state index is 0.340. The number of rotatable bonds is 6. The van der Waals surface area contributed by atoms with Gasteiger partial charge in [0.15, 0.2) is 0 Å². The Hall–Kier alpha value is -1.06. The Balaban J connectivity index is 1.86. The molecular weight excluding hydrogens is 236 g/mol. The van der Waals surface area contributed by atoms with Crippen LogP contribution in [0.15, 0.2) is 24.3 Å². The number of methoxy groups -OCH3 is 1. The monoisotopic (exact) mass is 262 g/mol. The number of nitrogens with zero attached hydrogens (tertiary/aromatic N) is 1. The lowest BCUT2D eigenvalue weighted by atomic mass is 10.1. The second-order valence-electron chi connectivity index (χ2n) is 5.42. The first-order valence-electron chi connectivity index (χ1n) is 7.33. The fourth-order valence-corrected chi connectivity index (χ4v) is 2.84. The van der Waals surface area contributed by atoms with Crippen molar-refractivity contribution in [3.63, 3.8) is 0 Å². The standard InChI is InChI=1S/C16H26N2O/c1-4-18-10-9-14(12-18)11-17-13(2)15-7-5-6-8-16(15)19-3/h5-8,13-14,17H,4,9-12H2,1-3H3. The second kappa shape index (κ2) is 6.92. The van der Waals surface area contributed by atoms with Crippen LogP contribution in [-0.4, -0.2) is 38.2 Å². The van der Waals surface area contributed by atoms with Crippen molar-refractivity contribution >= 4 is 0 Å². The molecule has 19 heavy (non-hydrogen) atoms. The molecule has 1 N–H and O–H groups in total. The van der Waals surface area contributed by atoms with Crippen LogP contribution in [0.25, 0.3) is 0 Å². The molecule has 1 aromatic rings. The number of para-hydroxylation sites is 1. The van der Waals surface area contributed by atoms with Crippen LogP contribution < -0.4 is 10.1 Å². The van der Waals surface area contributed by atoms with Crippen molar-refractivity contribution in [2.24, 2.45) is 5.92 Å². The molecule has 0 bridgehead atoms. The molecule has 0 aromatic heterocycles. The number of hydrogen-bond acceptors (Lipinski definition) is 3. The smallest absolute Gasteiger partial charge is 0.123 e. The molecule has 2 rings (SSSR count). The second-order valence-corrected chi connectivity index (χ2v) is 5.42. The highest BCUT2D eigenvalue weighted by molar-refractivity contribution is 5.35. The maximum Gasteiger partial charge on any atom is 0.123 e. The van der Waals surface area contributed by atoms with Gasteiger partial charge in [0.05, 0.1) is 7.11 Å². The van der Waals surface area contributed by atoms with E-state index in [4.69, 9.17) is 4.74 Å². The van der Waals surface area contributed by atoms with Gasteiger partial charge in [-0.1, -0.05) is 25.1 Å². The summed E-state index contributed by atoms with van der Waals surface area (Å²) in [5.74, 6) is 1.77. The molecule has 1 aliphatic heterocycles. The molecule has 0 saturated carbocycles. The Kier molecular flexibility index (Phi) is 5.23. The van der Waals surface area contributed by atoms with Crippen LogP contribution in [0, 0.1) is 5.92 Å². The van der Waals surface area contributed by atoms with Crippen LogP contribution in [0.4, 0.5) is 0 Å². The number of nitrogens with one attached hydrogen (secondary N) is 1. The van der Waals surface area contributed by atoms with Gasteiger partial charge in [0, 0.05) is 18.2 Å². The molecule has 1 saturated heterocycles. The average Bonchev–Trinajstić information content (AvgIpc) is 2.92. The van der Waals surface area contributed by atoms with E-state index in [2.05, 4.69) is 36.2 Å². The van der Waals surface area contributed by atoms with E-state index in [1.165, 1.54) is 31.6 Å². The molecule has 0 amide bonds. The van der Waals surface area contributed by atoms with Crippen LogP contribution in [-0.2, 0) is 0 Å². The van der Waals surface area contributed by atoms with Crippen molar-refractivity contribution in [2.75, 3.05) is 33.3 Å². The maximum atomic E-state index is 5.42. The lowest BCUT2D eigenvalue weighted by Crippen LogP contribution is -2.28. The van der Waals surface area contributed by atoms with E-state index < -0.39 is 0 Å². The summed E-state index contributed by atoms with van der Waals surface area (Å²) >= 11 is 0.